The van der Waals surface area contributed by atoms with Crippen LogP contribution in [-0.2, 0) is 6.42 Å². The minimum atomic E-state index is 0.190. The topological polar surface area (TPSA) is 58.3 Å². The van der Waals surface area contributed by atoms with Crippen LogP contribution in [0.4, 0.5) is 5.69 Å². The van der Waals surface area contributed by atoms with Crippen LogP contribution in [0.5, 0.6) is 0 Å². The zero-order valence-electron chi connectivity index (χ0n) is 8.25. The summed E-state index contributed by atoms with van der Waals surface area (Å²) in [6, 6.07) is 7.63. The highest BCUT2D eigenvalue weighted by molar-refractivity contribution is 5.43. The first-order chi connectivity index (χ1) is 6.36. The number of anilines is 1. The van der Waals surface area contributed by atoms with Crippen molar-refractivity contribution in [2.75, 3.05) is 12.0 Å². The van der Waals surface area contributed by atoms with Gasteiger partial charge in [-0.1, -0.05) is 26.0 Å². The van der Waals surface area contributed by atoms with E-state index in [2.05, 4.69) is 5.43 Å². The summed E-state index contributed by atoms with van der Waals surface area (Å²) < 4.78 is 0. The highest BCUT2D eigenvalue weighted by Crippen LogP contribution is 2.07. The molecule has 3 heteroatoms. The minimum absolute atomic E-state index is 0.190. The Morgan fingerprint density at radius 1 is 1.23 bits per heavy atom. The fourth-order valence-corrected chi connectivity index (χ4v) is 0.897. The molecule has 13 heavy (non-hydrogen) atoms. The second-order valence-electron chi connectivity index (χ2n) is 2.31. The molecular weight excluding hydrogens is 164 g/mol. The number of nitrogens with two attached hydrogens (primary N) is 1. The van der Waals surface area contributed by atoms with E-state index >= 15 is 0 Å². The molecule has 74 valence electrons. The van der Waals surface area contributed by atoms with Gasteiger partial charge in [-0.05, 0) is 24.1 Å². The second kappa shape index (κ2) is 7.58. The van der Waals surface area contributed by atoms with Crippen LogP contribution in [0.1, 0.15) is 19.4 Å². The van der Waals surface area contributed by atoms with Crippen LogP contribution >= 0.6 is 0 Å². The van der Waals surface area contributed by atoms with Gasteiger partial charge in [0.15, 0.2) is 0 Å². The number of hydrogen-bond acceptors (Lipinski definition) is 3. The molecule has 4 N–H and O–H groups in total. The van der Waals surface area contributed by atoms with Crippen LogP contribution in [-0.4, -0.2) is 11.7 Å². The van der Waals surface area contributed by atoms with Crippen LogP contribution < -0.4 is 11.3 Å². The monoisotopic (exact) mass is 182 g/mol. The molecule has 0 aromatic heterocycles. The van der Waals surface area contributed by atoms with Crippen molar-refractivity contribution in [3.63, 3.8) is 0 Å². The van der Waals surface area contributed by atoms with Crippen molar-refractivity contribution in [2.24, 2.45) is 5.84 Å². The zero-order valence-corrected chi connectivity index (χ0v) is 8.25. The second-order valence-corrected chi connectivity index (χ2v) is 2.31. The summed E-state index contributed by atoms with van der Waals surface area (Å²) in [5.74, 6) is 5.17. The van der Waals surface area contributed by atoms with Gasteiger partial charge in [0, 0.05) is 12.3 Å². The lowest BCUT2D eigenvalue weighted by Gasteiger charge is -2.00. The summed E-state index contributed by atoms with van der Waals surface area (Å²) in [6.07, 6.45) is 0.699. The summed E-state index contributed by atoms with van der Waals surface area (Å²) in [4.78, 5) is 0. The third-order valence-corrected chi connectivity index (χ3v) is 1.52. The Kier molecular flexibility index (Phi) is 6.96. The number of rotatable bonds is 3. The van der Waals surface area contributed by atoms with Crippen molar-refractivity contribution in [3.8, 4) is 0 Å². The number of nitrogen functional groups attached to an aromatic ring is 1. The van der Waals surface area contributed by atoms with E-state index in [-0.39, 0.29) is 6.61 Å². The normalized spacial score (nSPS) is 8.62. The van der Waals surface area contributed by atoms with E-state index in [0.29, 0.717) is 6.42 Å². The zero-order chi connectivity index (χ0) is 10.1. The van der Waals surface area contributed by atoms with E-state index in [1.807, 2.05) is 38.1 Å². The molecule has 0 fully saturated rings. The van der Waals surface area contributed by atoms with Crippen LogP contribution in [0.2, 0.25) is 0 Å². The van der Waals surface area contributed by atoms with Crippen LogP contribution in [0.25, 0.3) is 0 Å². The van der Waals surface area contributed by atoms with E-state index in [0.717, 1.165) is 11.3 Å². The molecule has 0 unspecified atom stereocenters. The molecule has 0 saturated heterocycles. The largest absolute Gasteiger partial charge is 0.396 e. The number of hydrogen-bond donors (Lipinski definition) is 3. The van der Waals surface area contributed by atoms with Gasteiger partial charge in [0.05, 0.1) is 0 Å². The van der Waals surface area contributed by atoms with E-state index in [4.69, 9.17) is 10.9 Å². The fraction of sp³-hybridized carbons (Fsp3) is 0.400. The maximum atomic E-state index is 8.61. The number of hydrazine groups is 1. The molecule has 3 nitrogen and oxygen atoms in total. The van der Waals surface area contributed by atoms with Crippen LogP contribution in [0.3, 0.4) is 0 Å². The molecule has 0 atom stereocenters. The maximum Gasteiger partial charge on any atom is 0.0485 e. The maximum absolute atomic E-state index is 8.61. The van der Waals surface area contributed by atoms with Crippen molar-refractivity contribution in [3.05, 3.63) is 29.8 Å². The number of aliphatic hydroxyl groups is 1. The van der Waals surface area contributed by atoms with Gasteiger partial charge in [0.1, 0.15) is 0 Å². The fourth-order valence-electron chi connectivity index (χ4n) is 0.897. The molecule has 0 heterocycles. The Balaban J connectivity index is 0.000000671. The van der Waals surface area contributed by atoms with Gasteiger partial charge in [-0.25, -0.2) is 0 Å². The summed E-state index contributed by atoms with van der Waals surface area (Å²) in [5.41, 5.74) is 4.53. The van der Waals surface area contributed by atoms with Gasteiger partial charge in [-0.3, -0.25) is 5.84 Å². The predicted octanol–water partition coefficient (Wildman–Crippen LogP) is 1.53. The molecule has 0 aliphatic heterocycles. The van der Waals surface area contributed by atoms with E-state index < -0.39 is 0 Å². The van der Waals surface area contributed by atoms with Crippen molar-refractivity contribution in [1.82, 2.24) is 0 Å². The van der Waals surface area contributed by atoms with Crippen molar-refractivity contribution < 1.29 is 5.11 Å². The lowest BCUT2D eigenvalue weighted by Crippen LogP contribution is -2.06. The highest BCUT2D eigenvalue weighted by Gasteiger charge is 1.90. The van der Waals surface area contributed by atoms with Gasteiger partial charge in [0.25, 0.3) is 0 Å². The smallest absolute Gasteiger partial charge is 0.0485 e. The Morgan fingerprint density at radius 2 is 1.77 bits per heavy atom. The van der Waals surface area contributed by atoms with Gasteiger partial charge in [0.2, 0.25) is 0 Å². The lowest BCUT2D eigenvalue weighted by molar-refractivity contribution is 0.299. The van der Waals surface area contributed by atoms with E-state index in [1.165, 1.54) is 0 Å². The molecular formula is C10H18N2O. The number of nitrogens with one attached hydrogen (secondary N) is 1. The summed E-state index contributed by atoms with van der Waals surface area (Å²) in [6.45, 7) is 4.19. The average molecular weight is 182 g/mol. The first kappa shape index (κ1) is 11.9. The molecule has 0 aliphatic carbocycles. The molecule has 0 spiro atoms. The van der Waals surface area contributed by atoms with E-state index in [1.54, 1.807) is 0 Å². The number of aliphatic hydroxyl groups excluding tert-OH is 1. The minimum Gasteiger partial charge on any atom is -0.396 e. The number of benzene rings is 1. The third-order valence-electron chi connectivity index (χ3n) is 1.52. The molecule has 0 saturated carbocycles. The third kappa shape index (κ3) is 4.50. The lowest BCUT2D eigenvalue weighted by atomic mass is 10.1. The standard InChI is InChI=1S/C8H12N2O.C2H6/c9-10-8-3-1-7(2-4-8)5-6-11;1-2/h1-4,10-11H,5-6,9H2;1-2H3. The van der Waals surface area contributed by atoms with Crippen molar-refractivity contribution in [1.29, 1.82) is 0 Å². The molecule has 1 aromatic rings. The van der Waals surface area contributed by atoms with Gasteiger partial charge < -0.3 is 10.5 Å². The first-order valence-corrected chi connectivity index (χ1v) is 4.53. The highest BCUT2D eigenvalue weighted by atomic mass is 16.2. The van der Waals surface area contributed by atoms with E-state index in [9.17, 15) is 0 Å². The van der Waals surface area contributed by atoms with Gasteiger partial charge in [-0.15, -0.1) is 0 Å². The molecule has 0 aliphatic rings. The Bertz CT molecular complexity index is 209. The van der Waals surface area contributed by atoms with Gasteiger partial charge >= 0.3 is 0 Å². The van der Waals surface area contributed by atoms with Crippen LogP contribution in [0.15, 0.2) is 24.3 Å². The molecule has 0 bridgehead atoms. The molecule has 1 aromatic carbocycles. The summed E-state index contributed by atoms with van der Waals surface area (Å²) >= 11 is 0. The van der Waals surface area contributed by atoms with Gasteiger partial charge in [-0.2, -0.15) is 0 Å². The predicted molar refractivity (Wildman–Crippen MR) is 56.4 cm³/mol. The summed E-state index contributed by atoms with van der Waals surface area (Å²) in [5, 5.41) is 8.61. The Labute approximate surface area is 79.6 Å². The quantitative estimate of drug-likeness (QED) is 0.491. The van der Waals surface area contributed by atoms with Crippen LogP contribution in [0, 0.1) is 0 Å². The SMILES string of the molecule is CC.NNc1ccc(CCO)cc1. The molecule has 1 rings (SSSR count). The Morgan fingerprint density at radius 3 is 2.15 bits per heavy atom. The molecule has 0 amide bonds. The van der Waals surface area contributed by atoms with Crippen molar-refractivity contribution in [2.45, 2.75) is 20.3 Å². The molecule has 0 radical (unpaired) electrons. The first-order valence-electron chi connectivity index (χ1n) is 4.53. The summed E-state index contributed by atoms with van der Waals surface area (Å²) in [7, 11) is 0. The average Bonchev–Trinajstić information content (AvgIpc) is 2.23. The Hall–Kier alpha value is -1.06. The van der Waals surface area contributed by atoms with Crippen molar-refractivity contribution >= 4 is 5.69 Å².